The molecule has 2 fully saturated rings. The molecule has 42 heavy (non-hydrogen) atoms. The molecule has 2 aromatic heterocycles. The Morgan fingerprint density at radius 3 is 2.43 bits per heavy atom. The zero-order chi connectivity index (χ0) is 30.4. The molecule has 4 N–H and O–H groups in total. The van der Waals surface area contributed by atoms with Crippen molar-refractivity contribution < 1.29 is 24.2 Å². The number of alkyl carbamates (subject to hydrolysis) is 1. The van der Waals surface area contributed by atoms with Gasteiger partial charge in [-0.15, -0.1) is 0 Å². The van der Waals surface area contributed by atoms with Crippen LogP contribution >= 0.6 is 11.6 Å². The van der Waals surface area contributed by atoms with E-state index in [2.05, 4.69) is 26.0 Å². The highest BCUT2D eigenvalue weighted by atomic mass is 35.5. The van der Waals surface area contributed by atoms with Crippen LogP contribution in [0, 0.1) is 5.92 Å². The van der Waals surface area contributed by atoms with Gasteiger partial charge < -0.3 is 25.8 Å². The molecule has 0 bridgehead atoms. The molecule has 0 aliphatic heterocycles. The minimum atomic E-state index is -1.14. The number of amides is 3. The number of carbonyl (C=O) groups is 3. The summed E-state index contributed by atoms with van der Waals surface area (Å²) in [6.07, 6.45) is 7.65. The summed E-state index contributed by atoms with van der Waals surface area (Å²) in [6.45, 7) is 5.33. The molecule has 13 nitrogen and oxygen atoms in total. The number of nitrogens with zero attached hydrogens (tertiary/aromatic N) is 5. The van der Waals surface area contributed by atoms with E-state index in [0.717, 1.165) is 17.7 Å². The minimum Gasteiger partial charge on any atom is -0.465 e. The smallest absolute Gasteiger partial charge is 0.408 e. The molecule has 0 spiro atoms. The fourth-order valence-corrected chi connectivity index (χ4v) is 5.28. The number of nitrogens with one attached hydrogen (secondary N) is 3. The molecular weight excluding hydrogens is 564 g/mol. The van der Waals surface area contributed by atoms with E-state index >= 15 is 0 Å². The van der Waals surface area contributed by atoms with Crippen LogP contribution in [0.15, 0.2) is 12.4 Å². The van der Waals surface area contributed by atoms with Crippen LogP contribution in [-0.4, -0.2) is 85.2 Å². The van der Waals surface area contributed by atoms with E-state index in [1.54, 1.807) is 33.2 Å². The van der Waals surface area contributed by atoms with Gasteiger partial charge in [0.15, 0.2) is 0 Å². The van der Waals surface area contributed by atoms with Crippen LogP contribution in [0.3, 0.4) is 0 Å². The standard InChI is InChI=1S/C28H41ClN8O5/c1-28(2,3)42-26(39)31-12-11-30-23(38)16-37(27(40)41)19-9-7-18(8-10-19)34-25-32-15-21(29)24(35-25)20-14-33-36(4)22(20)13-17-5-6-17/h14-15,17-19H,5-13,16H2,1-4H3,(H,30,38)(H,31,39)(H,40,41)(H,32,34,35)/t18-,19-. The molecule has 230 valence electrons. The number of aryl methyl sites for hydroxylation is 1. The second kappa shape index (κ2) is 13.6. The number of hydrogen-bond acceptors (Lipinski definition) is 8. The first kappa shape index (κ1) is 31.3. The van der Waals surface area contributed by atoms with Crippen LogP contribution in [0.1, 0.15) is 65.0 Å². The zero-order valence-corrected chi connectivity index (χ0v) is 25.4. The van der Waals surface area contributed by atoms with Crippen molar-refractivity contribution in [3.63, 3.8) is 0 Å². The molecule has 2 heterocycles. The Bertz CT molecular complexity index is 1270. The van der Waals surface area contributed by atoms with Crippen molar-refractivity contribution in [1.82, 2.24) is 35.3 Å². The van der Waals surface area contributed by atoms with Gasteiger partial charge in [0.2, 0.25) is 11.9 Å². The van der Waals surface area contributed by atoms with E-state index < -0.39 is 23.7 Å². The number of carboxylic acid groups (broad SMARTS) is 1. The van der Waals surface area contributed by atoms with E-state index in [0.29, 0.717) is 48.3 Å². The molecule has 14 heteroatoms. The Balaban J connectivity index is 1.26. The van der Waals surface area contributed by atoms with Crippen molar-refractivity contribution in [2.75, 3.05) is 25.0 Å². The largest absolute Gasteiger partial charge is 0.465 e. The first-order valence-corrected chi connectivity index (χ1v) is 14.8. The maximum Gasteiger partial charge on any atom is 0.408 e. The van der Waals surface area contributed by atoms with Crippen LogP contribution in [0.25, 0.3) is 11.3 Å². The predicted molar refractivity (Wildman–Crippen MR) is 157 cm³/mol. The lowest BCUT2D eigenvalue weighted by atomic mass is 9.90. The van der Waals surface area contributed by atoms with Gasteiger partial charge in [0.1, 0.15) is 12.1 Å². The van der Waals surface area contributed by atoms with Crippen LogP contribution in [0.4, 0.5) is 15.5 Å². The number of rotatable bonds is 11. The predicted octanol–water partition coefficient (Wildman–Crippen LogP) is 3.83. The van der Waals surface area contributed by atoms with Gasteiger partial charge in [-0.2, -0.15) is 5.10 Å². The topological polar surface area (TPSA) is 164 Å². The zero-order valence-electron chi connectivity index (χ0n) is 24.7. The fourth-order valence-electron chi connectivity index (χ4n) is 5.08. The van der Waals surface area contributed by atoms with Crippen molar-refractivity contribution in [3.05, 3.63) is 23.1 Å². The highest BCUT2D eigenvalue weighted by Crippen LogP contribution is 2.37. The van der Waals surface area contributed by atoms with E-state index in [9.17, 15) is 19.5 Å². The highest BCUT2D eigenvalue weighted by Gasteiger charge is 2.31. The third-order valence-electron chi connectivity index (χ3n) is 7.39. The molecule has 0 aromatic carbocycles. The third kappa shape index (κ3) is 8.94. The van der Waals surface area contributed by atoms with Crippen molar-refractivity contribution in [3.8, 4) is 11.3 Å². The van der Waals surface area contributed by atoms with Gasteiger partial charge in [-0.1, -0.05) is 11.6 Å². The Labute approximate surface area is 250 Å². The van der Waals surface area contributed by atoms with Crippen LogP contribution in [0.5, 0.6) is 0 Å². The second-order valence-electron chi connectivity index (χ2n) is 12.0. The molecule has 4 rings (SSSR count). The first-order chi connectivity index (χ1) is 19.9. The van der Waals surface area contributed by atoms with E-state index in [1.807, 2.05) is 11.7 Å². The Morgan fingerprint density at radius 1 is 1.10 bits per heavy atom. The minimum absolute atomic E-state index is 0.0542. The molecule has 2 aromatic rings. The van der Waals surface area contributed by atoms with E-state index in [-0.39, 0.29) is 31.7 Å². The number of aromatic nitrogens is 4. The van der Waals surface area contributed by atoms with Crippen molar-refractivity contribution in [2.24, 2.45) is 13.0 Å². The van der Waals surface area contributed by atoms with Gasteiger partial charge >= 0.3 is 12.2 Å². The molecular formula is C28H41ClN8O5. The summed E-state index contributed by atoms with van der Waals surface area (Å²) in [6, 6.07) is -0.230. The average Bonchev–Trinajstić information content (AvgIpc) is 3.67. The maximum atomic E-state index is 12.4. The molecule has 2 saturated carbocycles. The normalized spacial score (nSPS) is 18.7. The van der Waals surface area contributed by atoms with Gasteiger partial charge in [-0.05, 0) is 71.6 Å². The number of halogens is 1. The van der Waals surface area contributed by atoms with Crippen molar-refractivity contribution in [2.45, 2.75) is 83.4 Å². The Hall–Kier alpha value is -3.61. The molecule has 0 atom stereocenters. The van der Waals surface area contributed by atoms with E-state index in [1.165, 1.54) is 17.7 Å². The van der Waals surface area contributed by atoms with E-state index in [4.69, 9.17) is 21.3 Å². The molecule has 2 aliphatic carbocycles. The summed E-state index contributed by atoms with van der Waals surface area (Å²) in [4.78, 5) is 46.4. The van der Waals surface area contributed by atoms with Gasteiger partial charge in [-0.3, -0.25) is 14.4 Å². The summed E-state index contributed by atoms with van der Waals surface area (Å²) in [5.74, 6) is 0.723. The van der Waals surface area contributed by atoms with Crippen molar-refractivity contribution in [1.29, 1.82) is 0 Å². The van der Waals surface area contributed by atoms with Crippen LogP contribution in [-0.2, 0) is 23.0 Å². The monoisotopic (exact) mass is 604 g/mol. The lowest BCUT2D eigenvalue weighted by Crippen LogP contribution is -2.48. The molecule has 0 unspecified atom stereocenters. The van der Waals surface area contributed by atoms with Crippen LogP contribution < -0.4 is 16.0 Å². The number of hydrogen-bond donors (Lipinski definition) is 4. The SMILES string of the molecule is Cn1ncc(-c2nc(N[C@H]3CC[C@H](N(CC(=O)NCCNC(=O)OC(C)(C)C)C(=O)O)CC3)ncc2Cl)c1CC1CC1. The summed E-state index contributed by atoms with van der Waals surface area (Å²) in [7, 11) is 1.93. The quantitative estimate of drug-likeness (QED) is 0.279. The first-order valence-electron chi connectivity index (χ1n) is 14.4. The lowest BCUT2D eigenvalue weighted by molar-refractivity contribution is -0.122. The average molecular weight is 605 g/mol. The highest BCUT2D eigenvalue weighted by molar-refractivity contribution is 6.33. The van der Waals surface area contributed by atoms with Crippen LogP contribution in [0.2, 0.25) is 5.02 Å². The van der Waals surface area contributed by atoms with Gasteiger partial charge in [0, 0.05) is 43.5 Å². The summed E-state index contributed by atoms with van der Waals surface area (Å²) in [5.41, 5.74) is 2.06. The summed E-state index contributed by atoms with van der Waals surface area (Å²) >= 11 is 6.50. The molecule has 3 amide bonds. The fraction of sp³-hybridized carbons (Fsp3) is 0.643. The number of ether oxygens (including phenoxy) is 1. The van der Waals surface area contributed by atoms with Gasteiger partial charge in [-0.25, -0.2) is 19.6 Å². The molecule has 0 saturated heterocycles. The lowest BCUT2D eigenvalue weighted by Gasteiger charge is -2.35. The summed E-state index contributed by atoms with van der Waals surface area (Å²) in [5, 5.41) is 23.3. The van der Waals surface area contributed by atoms with Gasteiger partial charge in [0.05, 0.1) is 23.1 Å². The number of anilines is 1. The number of carbonyl (C=O) groups excluding carboxylic acids is 2. The third-order valence-corrected chi connectivity index (χ3v) is 7.66. The Morgan fingerprint density at radius 2 is 1.79 bits per heavy atom. The second-order valence-corrected chi connectivity index (χ2v) is 12.4. The van der Waals surface area contributed by atoms with Crippen molar-refractivity contribution >= 4 is 35.6 Å². The summed E-state index contributed by atoms with van der Waals surface area (Å²) < 4.78 is 7.03. The molecule has 0 radical (unpaired) electrons. The molecule has 2 aliphatic rings. The maximum absolute atomic E-state index is 12.4. The Kier molecular flexibility index (Phi) is 10.1. The van der Waals surface area contributed by atoms with Gasteiger partial charge in [0.25, 0.3) is 0 Å².